The highest BCUT2D eigenvalue weighted by Gasteiger charge is 2.11. The molecule has 2 amide bonds. The molecule has 0 aliphatic rings. The van der Waals surface area contributed by atoms with Gasteiger partial charge in [0.1, 0.15) is 0 Å². The number of hydrogen-bond acceptors (Lipinski definition) is 6. The van der Waals surface area contributed by atoms with Gasteiger partial charge in [-0.25, -0.2) is 4.79 Å². The van der Waals surface area contributed by atoms with Crippen LogP contribution in [0.3, 0.4) is 0 Å². The van der Waals surface area contributed by atoms with Crippen LogP contribution in [0.4, 0.5) is 4.79 Å². The van der Waals surface area contributed by atoms with Crippen LogP contribution < -0.4 is 5.32 Å². The van der Waals surface area contributed by atoms with Crippen LogP contribution in [0.25, 0.3) is 0 Å². The van der Waals surface area contributed by atoms with Crippen molar-refractivity contribution >= 4 is 29.7 Å². The van der Waals surface area contributed by atoms with Crippen molar-refractivity contribution in [2.45, 2.75) is 11.8 Å². The van der Waals surface area contributed by atoms with Crippen molar-refractivity contribution in [3.8, 4) is 0 Å². The number of rotatable bonds is 6. The molecule has 1 aromatic carbocycles. The summed E-state index contributed by atoms with van der Waals surface area (Å²) in [5.74, 6) is -1.16. The van der Waals surface area contributed by atoms with Gasteiger partial charge in [0.05, 0.1) is 12.4 Å². The molecule has 7 heteroatoms. The fourth-order valence-corrected chi connectivity index (χ4v) is 1.88. The molecule has 6 nitrogen and oxygen atoms in total. The normalized spacial score (nSPS) is 9.65. The fraction of sp³-hybridized carbons (Fsp3) is 0.308. The lowest BCUT2D eigenvalue weighted by Crippen LogP contribution is -2.34. The van der Waals surface area contributed by atoms with E-state index in [0.29, 0.717) is 0 Å². The Morgan fingerprint density at radius 1 is 1.15 bits per heavy atom. The standard InChI is InChI=1S/C13H15NO5S/c1-2-18-13(17)14-11(15)8-19-12(16)9-20-10-6-4-3-5-7-10/h3-7H,2,8-9H2,1H3,(H,14,15,17). The van der Waals surface area contributed by atoms with E-state index < -0.39 is 24.6 Å². The molecule has 0 radical (unpaired) electrons. The Morgan fingerprint density at radius 2 is 1.85 bits per heavy atom. The maximum atomic E-state index is 11.4. The zero-order valence-electron chi connectivity index (χ0n) is 11.0. The molecule has 0 fully saturated rings. The minimum atomic E-state index is -0.854. The first kappa shape index (κ1) is 16.0. The van der Waals surface area contributed by atoms with Crippen LogP contribution >= 0.6 is 11.8 Å². The Bertz CT molecular complexity index is 463. The number of nitrogens with one attached hydrogen (secondary N) is 1. The first-order chi connectivity index (χ1) is 9.61. The van der Waals surface area contributed by atoms with Gasteiger partial charge >= 0.3 is 12.1 Å². The third-order valence-corrected chi connectivity index (χ3v) is 2.97. The molecule has 0 aromatic heterocycles. The van der Waals surface area contributed by atoms with Crippen LogP contribution in [-0.4, -0.2) is 36.9 Å². The van der Waals surface area contributed by atoms with Gasteiger partial charge < -0.3 is 9.47 Å². The smallest absolute Gasteiger partial charge is 0.413 e. The number of benzene rings is 1. The number of alkyl carbamates (subject to hydrolysis) is 1. The molecule has 0 unspecified atom stereocenters. The predicted octanol–water partition coefficient (Wildman–Crippen LogP) is 1.59. The molecule has 1 rings (SSSR count). The molecule has 0 saturated heterocycles. The Balaban J connectivity index is 2.19. The number of amides is 2. The summed E-state index contributed by atoms with van der Waals surface area (Å²) in [5.41, 5.74) is 0. The van der Waals surface area contributed by atoms with Crippen LogP contribution in [0.2, 0.25) is 0 Å². The molecule has 108 valence electrons. The predicted molar refractivity (Wildman–Crippen MR) is 73.3 cm³/mol. The van der Waals surface area contributed by atoms with Gasteiger partial charge in [0.2, 0.25) is 0 Å². The van der Waals surface area contributed by atoms with Crippen molar-refractivity contribution in [3.63, 3.8) is 0 Å². The number of carbonyl (C=O) groups excluding carboxylic acids is 3. The maximum absolute atomic E-state index is 11.4. The van der Waals surface area contributed by atoms with Gasteiger partial charge in [0, 0.05) is 4.90 Å². The van der Waals surface area contributed by atoms with Crippen LogP contribution in [0.5, 0.6) is 0 Å². The molecule has 1 aromatic rings. The van der Waals surface area contributed by atoms with Gasteiger partial charge in [0.25, 0.3) is 5.91 Å². The van der Waals surface area contributed by atoms with Crippen LogP contribution in [0.15, 0.2) is 35.2 Å². The summed E-state index contributed by atoms with van der Waals surface area (Å²) in [5, 5.41) is 1.93. The Labute approximate surface area is 120 Å². The van der Waals surface area contributed by atoms with Crippen LogP contribution in [0.1, 0.15) is 6.92 Å². The number of thioether (sulfide) groups is 1. The summed E-state index contributed by atoms with van der Waals surface area (Å²) in [6.45, 7) is 1.27. The Kier molecular flexibility index (Phi) is 7.20. The zero-order chi connectivity index (χ0) is 14.8. The monoisotopic (exact) mass is 297 g/mol. The van der Waals surface area contributed by atoms with Gasteiger partial charge in [-0.05, 0) is 19.1 Å². The third kappa shape index (κ3) is 6.79. The molecule has 20 heavy (non-hydrogen) atoms. The molecule has 1 N–H and O–H groups in total. The number of esters is 1. The topological polar surface area (TPSA) is 81.7 Å². The SMILES string of the molecule is CCOC(=O)NC(=O)COC(=O)CSc1ccccc1. The molecule has 0 atom stereocenters. The average Bonchev–Trinajstić information content (AvgIpc) is 2.44. The number of imide groups is 1. The first-order valence-electron chi connectivity index (χ1n) is 5.92. The second-order valence-corrected chi connectivity index (χ2v) is 4.58. The van der Waals surface area contributed by atoms with E-state index in [2.05, 4.69) is 4.74 Å². The van der Waals surface area contributed by atoms with E-state index in [0.717, 1.165) is 4.90 Å². The van der Waals surface area contributed by atoms with Crippen molar-refractivity contribution in [2.75, 3.05) is 19.0 Å². The zero-order valence-corrected chi connectivity index (χ0v) is 11.8. The van der Waals surface area contributed by atoms with E-state index in [1.807, 2.05) is 35.6 Å². The lowest BCUT2D eigenvalue weighted by molar-refractivity contribution is -0.145. The fourth-order valence-electron chi connectivity index (χ4n) is 1.16. The van der Waals surface area contributed by atoms with E-state index in [4.69, 9.17) is 4.74 Å². The minimum Gasteiger partial charge on any atom is -0.455 e. The Hall–Kier alpha value is -2.02. The quantitative estimate of drug-likeness (QED) is 0.634. The third-order valence-electron chi connectivity index (χ3n) is 1.98. The van der Waals surface area contributed by atoms with E-state index in [1.165, 1.54) is 11.8 Å². The molecular weight excluding hydrogens is 282 g/mol. The van der Waals surface area contributed by atoms with Crippen molar-refractivity contribution < 1.29 is 23.9 Å². The van der Waals surface area contributed by atoms with Crippen molar-refractivity contribution in [1.29, 1.82) is 0 Å². The number of ether oxygens (including phenoxy) is 2. The summed E-state index contributed by atoms with van der Waals surface area (Å²) in [6, 6.07) is 9.33. The molecular formula is C13H15NO5S. The highest BCUT2D eigenvalue weighted by Crippen LogP contribution is 2.16. The van der Waals surface area contributed by atoms with Crippen molar-refractivity contribution in [2.24, 2.45) is 0 Å². The van der Waals surface area contributed by atoms with E-state index >= 15 is 0 Å². The lowest BCUT2D eigenvalue weighted by Gasteiger charge is -2.05. The molecule has 0 bridgehead atoms. The van der Waals surface area contributed by atoms with Crippen molar-refractivity contribution in [1.82, 2.24) is 5.32 Å². The molecule has 0 heterocycles. The average molecular weight is 297 g/mol. The molecule has 0 spiro atoms. The number of hydrogen-bond donors (Lipinski definition) is 1. The van der Waals surface area contributed by atoms with E-state index in [9.17, 15) is 14.4 Å². The molecule has 0 saturated carbocycles. The Morgan fingerprint density at radius 3 is 2.50 bits per heavy atom. The molecule has 0 aliphatic heterocycles. The lowest BCUT2D eigenvalue weighted by atomic mass is 10.4. The van der Waals surface area contributed by atoms with Gasteiger partial charge in [-0.3, -0.25) is 14.9 Å². The summed E-state index contributed by atoms with van der Waals surface area (Å²) in [7, 11) is 0. The number of carbonyl (C=O) groups is 3. The largest absolute Gasteiger partial charge is 0.455 e. The van der Waals surface area contributed by atoms with Gasteiger partial charge in [0.15, 0.2) is 6.61 Å². The second kappa shape index (κ2) is 8.98. The molecule has 0 aliphatic carbocycles. The van der Waals surface area contributed by atoms with Crippen molar-refractivity contribution in [3.05, 3.63) is 30.3 Å². The summed E-state index contributed by atoms with van der Waals surface area (Å²) in [4.78, 5) is 34.4. The highest BCUT2D eigenvalue weighted by atomic mass is 32.2. The van der Waals surface area contributed by atoms with E-state index in [-0.39, 0.29) is 12.4 Å². The minimum absolute atomic E-state index is 0.0939. The highest BCUT2D eigenvalue weighted by molar-refractivity contribution is 8.00. The summed E-state index contributed by atoms with van der Waals surface area (Å²) < 4.78 is 9.23. The first-order valence-corrected chi connectivity index (χ1v) is 6.90. The van der Waals surface area contributed by atoms with Gasteiger partial charge in [-0.15, -0.1) is 11.8 Å². The maximum Gasteiger partial charge on any atom is 0.413 e. The van der Waals surface area contributed by atoms with Gasteiger partial charge in [-0.1, -0.05) is 18.2 Å². The van der Waals surface area contributed by atoms with Crippen LogP contribution in [0, 0.1) is 0 Å². The summed E-state index contributed by atoms with van der Waals surface area (Å²) >= 11 is 1.30. The van der Waals surface area contributed by atoms with Crippen LogP contribution in [-0.2, 0) is 19.1 Å². The van der Waals surface area contributed by atoms with Gasteiger partial charge in [-0.2, -0.15) is 0 Å². The summed E-state index contributed by atoms with van der Waals surface area (Å²) in [6.07, 6.45) is -0.854. The second-order valence-electron chi connectivity index (χ2n) is 3.53. The van der Waals surface area contributed by atoms with E-state index in [1.54, 1.807) is 6.92 Å².